The van der Waals surface area contributed by atoms with Crippen molar-refractivity contribution in [1.82, 2.24) is 9.97 Å². The van der Waals surface area contributed by atoms with Gasteiger partial charge in [-0.05, 0) is 18.6 Å². The highest BCUT2D eigenvalue weighted by molar-refractivity contribution is 6.39. The van der Waals surface area contributed by atoms with Gasteiger partial charge in [0.05, 0.1) is 15.7 Å². The summed E-state index contributed by atoms with van der Waals surface area (Å²) in [5.74, 6) is 1.54. The van der Waals surface area contributed by atoms with E-state index in [9.17, 15) is 0 Å². The summed E-state index contributed by atoms with van der Waals surface area (Å²) in [5, 5.41) is 7.41. The Kier molecular flexibility index (Phi) is 5.04. The van der Waals surface area contributed by atoms with Crippen molar-refractivity contribution < 1.29 is 0 Å². The number of rotatable bonds is 5. The third kappa shape index (κ3) is 3.14. The second-order valence-corrected chi connectivity index (χ2v) is 5.09. The zero-order chi connectivity index (χ0) is 14.5. The van der Waals surface area contributed by atoms with Gasteiger partial charge in [-0.15, -0.1) is 0 Å². The van der Waals surface area contributed by atoms with E-state index in [-0.39, 0.29) is 0 Å². The Labute approximate surface area is 128 Å². The Bertz CT molecular complexity index is 581. The predicted octanol–water partition coefficient (Wildman–Crippen LogP) is 4.52. The minimum atomic E-state index is 0.560. The summed E-state index contributed by atoms with van der Waals surface area (Å²) in [6.45, 7) is 2.11. The molecular formula is C14H16Cl2N4. The lowest BCUT2D eigenvalue weighted by atomic mass is 10.1. The number of para-hydroxylation sites is 1. The van der Waals surface area contributed by atoms with Crippen LogP contribution >= 0.6 is 23.2 Å². The lowest BCUT2D eigenvalue weighted by Crippen LogP contribution is -2.06. The summed E-state index contributed by atoms with van der Waals surface area (Å²) < 4.78 is 0. The van der Waals surface area contributed by atoms with Crippen molar-refractivity contribution in [3.63, 3.8) is 0 Å². The Morgan fingerprint density at radius 2 is 1.75 bits per heavy atom. The molecule has 2 aromatic rings. The van der Waals surface area contributed by atoms with Gasteiger partial charge < -0.3 is 10.6 Å². The van der Waals surface area contributed by atoms with Crippen LogP contribution in [0.25, 0.3) is 0 Å². The van der Waals surface area contributed by atoms with Gasteiger partial charge in [-0.25, -0.2) is 9.97 Å². The molecule has 0 fully saturated rings. The molecule has 0 bridgehead atoms. The zero-order valence-corrected chi connectivity index (χ0v) is 12.9. The minimum absolute atomic E-state index is 0.560. The maximum absolute atomic E-state index is 6.18. The van der Waals surface area contributed by atoms with Crippen molar-refractivity contribution in [2.45, 2.75) is 19.8 Å². The first kappa shape index (κ1) is 14.9. The molecule has 1 aromatic heterocycles. The van der Waals surface area contributed by atoms with E-state index >= 15 is 0 Å². The van der Waals surface area contributed by atoms with Gasteiger partial charge in [0, 0.05) is 12.6 Å². The zero-order valence-electron chi connectivity index (χ0n) is 11.4. The van der Waals surface area contributed by atoms with E-state index in [1.165, 1.54) is 6.33 Å². The molecule has 20 heavy (non-hydrogen) atoms. The molecule has 0 aliphatic rings. The number of anilines is 3. The molecule has 0 aliphatic heterocycles. The maximum atomic E-state index is 6.18. The number of halogens is 2. The van der Waals surface area contributed by atoms with Crippen molar-refractivity contribution >= 4 is 40.5 Å². The molecule has 6 heteroatoms. The Morgan fingerprint density at radius 1 is 1.10 bits per heavy atom. The fourth-order valence-corrected chi connectivity index (χ4v) is 2.45. The van der Waals surface area contributed by atoms with E-state index in [0.717, 1.165) is 30.0 Å². The monoisotopic (exact) mass is 310 g/mol. The number of aromatic nitrogens is 2. The van der Waals surface area contributed by atoms with Crippen molar-refractivity contribution in [3.05, 3.63) is 40.1 Å². The van der Waals surface area contributed by atoms with E-state index in [2.05, 4.69) is 27.5 Å². The largest absolute Gasteiger partial charge is 0.373 e. The van der Waals surface area contributed by atoms with E-state index in [4.69, 9.17) is 23.2 Å². The summed E-state index contributed by atoms with van der Waals surface area (Å²) in [7, 11) is 1.84. The normalized spacial score (nSPS) is 10.4. The quantitative estimate of drug-likeness (QED) is 0.852. The molecule has 2 N–H and O–H groups in total. The molecule has 0 unspecified atom stereocenters. The third-order valence-electron chi connectivity index (χ3n) is 2.89. The molecule has 0 saturated carbocycles. The van der Waals surface area contributed by atoms with Crippen molar-refractivity contribution in [3.8, 4) is 0 Å². The first-order valence-corrected chi connectivity index (χ1v) is 7.15. The van der Waals surface area contributed by atoms with Crippen LogP contribution in [0.5, 0.6) is 0 Å². The van der Waals surface area contributed by atoms with Crippen LogP contribution in [0.1, 0.15) is 18.9 Å². The number of nitrogens with one attached hydrogen (secondary N) is 2. The van der Waals surface area contributed by atoms with Crippen LogP contribution in [-0.4, -0.2) is 17.0 Å². The van der Waals surface area contributed by atoms with Crippen molar-refractivity contribution in [2.75, 3.05) is 17.7 Å². The molecule has 106 valence electrons. The molecule has 0 aliphatic carbocycles. The van der Waals surface area contributed by atoms with E-state index in [1.807, 2.05) is 13.1 Å². The van der Waals surface area contributed by atoms with Gasteiger partial charge in [0.2, 0.25) is 0 Å². The summed E-state index contributed by atoms with van der Waals surface area (Å²) in [4.78, 5) is 8.54. The van der Waals surface area contributed by atoms with Crippen LogP contribution in [0, 0.1) is 0 Å². The van der Waals surface area contributed by atoms with Gasteiger partial charge in [0.1, 0.15) is 18.0 Å². The van der Waals surface area contributed by atoms with Crippen LogP contribution in [0.15, 0.2) is 24.5 Å². The van der Waals surface area contributed by atoms with Crippen LogP contribution in [0.4, 0.5) is 17.3 Å². The third-order valence-corrected chi connectivity index (χ3v) is 3.52. The minimum Gasteiger partial charge on any atom is -0.373 e. The fraction of sp³-hybridized carbons (Fsp3) is 0.286. The molecule has 1 heterocycles. The predicted molar refractivity (Wildman–Crippen MR) is 85.3 cm³/mol. The highest BCUT2D eigenvalue weighted by atomic mass is 35.5. The Balaban J connectivity index is 2.43. The average molecular weight is 311 g/mol. The fourth-order valence-electron chi connectivity index (χ4n) is 1.96. The first-order chi connectivity index (χ1) is 9.67. The molecule has 1 aromatic carbocycles. The number of nitrogens with zero attached hydrogens (tertiary/aromatic N) is 2. The summed E-state index contributed by atoms with van der Waals surface area (Å²) in [6, 6.07) is 5.38. The van der Waals surface area contributed by atoms with Gasteiger partial charge in [-0.3, -0.25) is 0 Å². The molecule has 0 spiro atoms. The molecular weight excluding hydrogens is 295 g/mol. The topological polar surface area (TPSA) is 49.8 Å². The number of hydrogen-bond acceptors (Lipinski definition) is 4. The average Bonchev–Trinajstić information content (AvgIpc) is 2.44. The van der Waals surface area contributed by atoms with Crippen LogP contribution < -0.4 is 10.6 Å². The van der Waals surface area contributed by atoms with E-state index in [0.29, 0.717) is 15.7 Å². The lowest BCUT2D eigenvalue weighted by molar-refractivity contribution is 0.906. The van der Waals surface area contributed by atoms with Gasteiger partial charge >= 0.3 is 0 Å². The highest BCUT2D eigenvalue weighted by Gasteiger charge is 2.13. The Hall–Kier alpha value is -1.52. The van der Waals surface area contributed by atoms with Crippen molar-refractivity contribution in [1.29, 1.82) is 0 Å². The summed E-state index contributed by atoms with van der Waals surface area (Å²) >= 11 is 12.4. The first-order valence-electron chi connectivity index (χ1n) is 6.40. The van der Waals surface area contributed by atoms with Gasteiger partial charge in [-0.1, -0.05) is 42.6 Å². The summed E-state index contributed by atoms with van der Waals surface area (Å²) in [6.07, 6.45) is 3.37. The molecule has 0 atom stereocenters. The van der Waals surface area contributed by atoms with E-state index < -0.39 is 0 Å². The van der Waals surface area contributed by atoms with Gasteiger partial charge in [0.15, 0.2) is 0 Å². The Morgan fingerprint density at radius 3 is 2.35 bits per heavy atom. The second-order valence-electron chi connectivity index (χ2n) is 4.27. The van der Waals surface area contributed by atoms with Crippen LogP contribution in [0.2, 0.25) is 10.0 Å². The SMILES string of the molecule is CCCc1c(NC)ncnc1Nc1c(Cl)cccc1Cl. The smallest absolute Gasteiger partial charge is 0.139 e. The van der Waals surface area contributed by atoms with Gasteiger partial charge in [-0.2, -0.15) is 0 Å². The second kappa shape index (κ2) is 6.77. The molecule has 0 saturated heterocycles. The number of hydrogen-bond donors (Lipinski definition) is 2. The van der Waals surface area contributed by atoms with E-state index in [1.54, 1.807) is 12.1 Å². The molecule has 2 rings (SSSR count). The molecule has 0 radical (unpaired) electrons. The number of benzene rings is 1. The lowest BCUT2D eigenvalue weighted by Gasteiger charge is -2.15. The highest BCUT2D eigenvalue weighted by Crippen LogP contribution is 2.34. The standard InChI is InChI=1S/C14H16Cl2N4/c1-3-5-9-13(17-2)18-8-19-14(9)20-12-10(15)6-4-7-11(12)16/h4,6-8H,3,5H2,1-2H3,(H2,17,18,19,20). The van der Waals surface area contributed by atoms with Crippen molar-refractivity contribution in [2.24, 2.45) is 0 Å². The maximum Gasteiger partial charge on any atom is 0.139 e. The summed E-state index contributed by atoms with van der Waals surface area (Å²) in [5.41, 5.74) is 1.68. The molecule has 0 amide bonds. The van der Waals surface area contributed by atoms with Gasteiger partial charge in [0.25, 0.3) is 0 Å². The van der Waals surface area contributed by atoms with Crippen LogP contribution in [-0.2, 0) is 6.42 Å². The van der Waals surface area contributed by atoms with Crippen LogP contribution in [0.3, 0.4) is 0 Å². The molecule has 4 nitrogen and oxygen atoms in total.